The zero-order chi connectivity index (χ0) is 23.3. The van der Waals surface area contributed by atoms with E-state index in [4.69, 9.17) is 23.2 Å². The van der Waals surface area contributed by atoms with Crippen molar-refractivity contribution >= 4 is 56.5 Å². The summed E-state index contributed by atoms with van der Waals surface area (Å²) in [6.45, 7) is 2.68. The van der Waals surface area contributed by atoms with E-state index < -0.39 is 10.0 Å². The van der Waals surface area contributed by atoms with Crippen LogP contribution in [-0.2, 0) is 14.8 Å². The fourth-order valence-electron chi connectivity index (χ4n) is 3.47. The van der Waals surface area contributed by atoms with E-state index in [1.165, 1.54) is 16.4 Å². The van der Waals surface area contributed by atoms with E-state index in [0.29, 0.717) is 30.8 Å². The first kappa shape index (κ1) is 24.3. The van der Waals surface area contributed by atoms with Crippen LogP contribution in [0, 0.1) is 5.92 Å². The highest BCUT2D eigenvalue weighted by atomic mass is 35.5. The molecule has 1 fully saturated rings. The van der Waals surface area contributed by atoms with Crippen LogP contribution in [0.3, 0.4) is 0 Å². The van der Waals surface area contributed by atoms with Crippen molar-refractivity contribution in [1.82, 2.24) is 9.62 Å². The quantitative estimate of drug-likeness (QED) is 0.555. The van der Waals surface area contributed by atoms with Crippen LogP contribution in [0.1, 0.15) is 19.8 Å². The molecule has 0 bridgehead atoms. The summed E-state index contributed by atoms with van der Waals surface area (Å²) >= 11 is 12.2. The number of nitrogens with zero attached hydrogens (tertiary/aromatic N) is 1. The predicted molar refractivity (Wildman–Crippen MR) is 126 cm³/mol. The second kappa shape index (κ2) is 10.5. The number of amides is 3. The average molecular weight is 499 g/mol. The van der Waals surface area contributed by atoms with E-state index in [-0.39, 0.29) is 45.9 Å². The largest absolute Gasteiger partial charge is 0.338 e. The van der Waals surface area contributed by atoms with Gasteiger partial charge in [-0.05, 0) is 50.1 Å². The molecule has 1 heterocycles. The van der Waals surface area contributed by atoms with Crippen molar-refractivity contribution in [3.8, 4) is 0 Å². The van der Waals surface area contributed by atoms with Gasteiger partial charge in [0, 0.05) is 36.9 Å². The molecular formula is C21H24Cl2N4O4S. The van der Waals surface area contributed by atoms with Crippen molar-refractivity contribution < 1.29 is 18.0 Å². The number of sulfonamides is 1. The van der Waals surface area contributed by atoms with E-state index in [1.54, 1.807) is 30.3 Å². The minimum absolute atomic E-state index is 0.0680. The average Bonchev–Trinajstić information content (AvgIpc) is 2.74. The highest BCUT2D eigenvalue weighted by Gasteiger charge is 2.34. The lowest BCUT2D eigenvalue weighted by Crippen LogP contribution is -2.41. The van der Waals surface area contributed by atoms with Gasteiger partial charge in [-0.25, -0.2) is 13.2 Å². The van der Waals surface area contributed by atoms with Gasteiger partial charge in [-0.15, -0.1) is 0 Å². The Morgan fingerprint density at radius 1 is 1.00 bits per heavy atom. The third-order valence-electron chi connectivity index (χ3n) is 5.07. The topological polar surface area (TPSA) is 108 Å². The normalized spacial score (nSPS) is 15.2. The summed E-state index contributed by atoms with van der Waals surface area (Å²) in [5, 5.41) is 8.30. The van der Waals surface area contributed by atoms with Crippen LogP contribution in [-0.4, -0.2) is 44.3 Å². The molecule has 3 amide bonds. The smallest absolute Gasteiger partial charge is 0.319 e. The number of carbonyl (C=O) groups excluding carboxylic acids is 2. The molecule has 3 N–H and O–H groups in total. The van der Waals surface area contributed by atoms with Gasteiger partial charge < -0.3 is 16.0 Å². The lowest BCUT2D eigenvalue weighted by molar-refractivity contribution is -0.120. The molecule has 0 aliphatic carbocycles. The molecule has 1 saturated heterocycles. The van der Waals surface area contributed by atoms with Crippen molar-refractivity contribution in [3.05, 3.63) is 52.5 Å². The number of hydrogen-bond acceptors (Lipinski definition) is 4. The van der Waals surface area contributed by atoms with E-state index in [2.05, 4.69) is 16.0 Å². The van der Waals surface area contributed by atoms with Crippen LogP contribution in [0.5, 0.6) is 0 Å². The van der Waals surface area contributed by atoms with Crippen LogP contribution >= 0.6 is 23.2 Å². The maximum atomic E-state index is 13.0. The standard InChI is InChI=1S/C21H24Cl2N4O4S/c1-2-24-21(29)26-16-6-3-5-15(13-16)25-20(28)14-9-11-27(12-10-14)32(30,31)19-17(22)7-4-8-18(19)23/h3-8,13-14H,2,9-12H2,1H3,(H,25,28)(H2,24,26,29). The van der Waals surface area contributed by atoms with E-state index in [9.17, 15) is 18.0 Å². The maximum Gasteiger partial charge on any atom is 0.319 e. The zero-order valence-electron chi connectivity index (χ0n) is 17.4. The van der Waals surface area contributed by atoms with Crippen molar-refractivity contribution in [1.29, 1.82) is 0 Å². The Balaban J connectivity index is 1.61. The Labute approximate surface area is 197 Å². The Morgan fingerprint density at radius 2 is 1.56 bits per heavy atom. The van der Waals surface area contributed by atoms with Gasteiger partial charge in [0.2, 0.25) is 15.9 Å². The molecular weight excluding hydrogens is 475 g/mol. The van der Waals surface area contributed by atoms with Gasteiger partial charge in [0.05, 0.1) is 10.0 Å². The van der Waals surface area contributed by atoms with Crippen LogP contribution in [0.2, 0.25) is 10.0 Å². The number of piperidine rings is 1. The SMILES string of the molecule is CCNC(=O)Nc1cccc(NC(=O)C2CCN(S(=O)(=O)c3c(Cl)cccc3Cl)CC2)c1. The van der Waals surface area contributed by atoms with Gasteiger partial charge in [0.15, 0.2) is 0 Å². The van der Waals surface area contributed by atoms with Gasteiger partial charge in [0.25, 0.3) is 0 Å². The van der Waals surface area contributed by atoms with Crippen molar-refractivity contribution in [2.45, 2.75) is 24.7 Å². The first-order valence-electron chi connectivity index (χ1n) is 10.1. The molecule has 0 saturated carbocycles. The van der Waals surface area contributed by atoms with Gasteiger partial charge in [-0.2, -0.15) is 4.31 Å². The third-order valence-corrected chi connectivity index (χ3v) is 7.92. The molecule has 2 aromatic carbocycles. The maximum absolute atomic E-state index is 13.0. The van der Waals surface area contributed by atoms with Gasteiger partial charge in [-0.1, -0.05) is 35.3 Å². The molecule has 0 aromatic heterocycles. The summed E-state index contributed by atoms with van der Waals surface area (Å²) in [6, 6.07) is 11.0. The molecule has 2 aromatic rings. The Morgan fingerprint density at radius 3 is 2.16 bits per heavy atom. The Kier molecular flexibility index (Phi) is 8.00. The molecule has 172 valence electrons. The van der Waals surface area contributed by atoms with E-state index in [1.807, 2.05) is 6.92 Å². The highest BCUT2D eigenvalue weighted by Crippen LogP contribution is 2.33. The molecule has 11 heteroatoms. The second-order valence-corrected chi connectivity index (χ2v) is 9.97. The number of anilines is 2. The van der Waals surface area contributed by atoms with Gasteiger partial charge in [-0.3, -0.25) is 4.79 Å². The molecule has 0 spiro atoms. The molecule has 0 unspecified atom stereocenters. The van der Waals surface area contributed by atoms with Crippen LogP contribution in [0.4, 0.5) is 16.2 Å². The number of carbonyl (C=O) groups is 2. The first-order chi connectivity index (χ1) is 15.2. The molecule has 1 aliphatic heterocycles. The molecule has 32 heavy (non-hydrogen) atoms. The van der Waals surface area contributed by atoms with Gasteiger partial charge >= 0.3 is 6.03 Å². The summed E-state index contributed by atoms with van der Waals surface area (Å²) < 4.78 is 27.3. The summed E-state index contributed by atoms with van der Waals surface area (Å²) in [5.41, 5.74) is 1.09. The Bertz CT molecular complexity index is 1080. The monoisotopic (exact) mass is 498 g/mol. The predicted octanol–water partition coefficient (Wildman–Crippen LogP) is 4.17. The molecule has 1 aliphatic rings. The fourth-order valence-corrected chi connectivity index (χ4v) is 6.03. The minimum Gasteiger partial charge on any atom is -0.338 e. The number of rotatable bonds is 6. The molecule has 3 rings (SSSR count). The van der Waals surface area contributed by atoms with Crippen molar-refractivity contribution in [3.63, 3.8) is 0 Å². The van der Waals surface area contributed by atoms with Crippen LogP contribution in [0.15, 0.2) is 47.4 Å². The lowest BCUT2D eigenvalue weighted by Gasteiger charge is -2.31. The van der Waals surface area contributed by atoms with Crippen LogP contribution in [0.25, 0.3) is 0 Å². The summed E-state index contributed by atoms with van der Waals surface area (Å²) in [7, 11) is -3.86. The third kappa shape index (κ3) is 5.72. The highest BCUT2D eigenvalue weighted by molar-refractivity contribution is 7.89. The second-order valence-electron chi connectivity index (χ2n) is 7.28. The number of nitrogens with one attached hydrogen (secondary N) is 3. The Hall–Kier alpha value is -2.33. The van der Waals surface area contributed by atoms with Crippen molar-refractivity contribution in [2.24, 2.45) is 5.92 Å². The van der Waals surface area contributed by atoms with Crippen molar-refractivity contribution in [2.75, 3.05) is 30.3 Å². The summed E-state index contributed by atoms with van der Waals surface area (Å²) in [4.78, 5) is 24.3. The first-order valence-corrected chi connectivity index (χ1v) is 12.3. The lowest BCUT2D eigenvalue weighted by atomic mass is 9.97. The van der Waals surface area contributed by atoms with Gasteiger partial charge in [0.1, 0.15) is 4.90 Å². The van der Waals surface area contributed by atoms with Crippen LogP contribution < -0.4 is 16.0 Å². The van der Waals surface area contributed by atoms with E-state index >= 15 is 0 Å². The molecule has 0 atom stereocenters. The zero-order valence-corrected chi connectivity index (χ0v) is 19.7. The summed E-state index contributed by atoms with van der Waals surface area (Å²) in [5.74, 6) is -0.545. The number of urea groups is 1. The summed E-state index contributed by atoms with van der Waals surface area (Å²) in [6.07, 6.45) is 0.730. The number of halogens is 2. The van der Waals surface area contributed by atoms with E-state index in [0.717, 1.165) is 0 Å². The fraction of sp³-hybridized carbons (Fsp3) is 0.333. The minimum atomic E-state index is -3.86. The number of hydrogen-bond donors (Lipinski definition) is 3. The number of benzene rings is 2. The molecule has 8 nitrogen and oxygen atoms in total. The molecule has 0 radical (unpaired) electrons.